The molecule has 0 spiro atoms. The van der Waals surface area contributed by atoms with E-state index in [0.29, 0.717) is 0 Å². The molecule has 4 nitrogen and oxygen atoms in total. The molecule has 0 unspecified atom stereocenters. The lowest BCUT2D eigenvalue weighted by atomic mass is 10.2. The van der Waals surface area contributed by atoms with Gasteiger partial charge in [0.2, 0.25) is 0 Å². The molecular weight excluding hydrogens is 246 g/mol. The van der Waals surface area contributed by atoms with E-state index in [1.807, 2.05) is 41.9 Å². The maximum absolute atomic E-state index is 8.73. The number of unbranched alkanes of at least 4 members (excludes halogenated alkanes) is 1. The highest BCUT2D eigenvalue weighted by Gasteiger charge is 2.10. The molecule has 0 aliphatic heterocycles. The molecule has 0 atom stereocenters. The SMILES string of the molecule is Cn1c(SCCCCO)nnc1-c1ccccc1. The van der Waals surface area contributed by atoms with Crippen LogP contribution in [0.4, 0.5) is 0 Å². The summed E-state index contributed by atoms with van der Waals surface area (Å²) >= 11 is 1.68. The fraction of sp³-hybridized carbons (Fsp3) is 0.385. The minimum Gasteiger partial charge on any atom is -0.396 e. The molecule has 96 valence electrons. The van der Waals surface area contributed by atoms with Gasteiger partial charge in [-0.2, -0.15) is 0 Å². The third kappa shape index (κ3) is 3.11. The third-order valence-corrected chi connectivity index (χ3v) is 3.76. The zero-order chi connectivity index (χ0) is 12.8. The molecule has 1 heterocycles. The zero-order valence-electron chi connectivity index (χ0n) is 10.4. The zero-order valence-corrected chi connectivity index (χ0v) is 11.2. The Morgan fingerprint density at radius 1 is 1.17 bits per heavy atom. The Morgan fingerprint density at radius 3 is 2.67 bits per heavy atom. The summed E-state index contributed by atoms with van der Waals surface area (Å²) in [6, 6.07) is 10.1. The lowest BCUT2D eigenvalue weighted by Gasteiger charge is -2.03. The van der Waals surface area contributed by atoms with Gasteiger partial charge in [-0.15, -0.1) is 10.2 Å². The number of nitrogens with zero attached hydrogens (tertiary/aromatic N) is 3. The van der Waals surface area contributed by atoms with Gasteiger partial charge in [-0.25, -0.2) is 0 Å². The van der Waals surface area contributed by atoms with Crippen molar-refractivity contribution in [1.29, 1.82) is 0 Å². The Balaban J connectivity index is 2.05. The van der Waals surface area contributed by atoms with Crippen molar-refractivity contribution in [3.05, 3.63) is 30.3 Å². The molecule has 5 heteroatoms. The fourth-order valence-corrected chi connectivity index (χ4v) is 2.57. The van der Waals surface area contributed by atoms with Crippen LogP contribution in [0.15, 0.2) is 35.5 Å². The van der Waals surface area contributed by atoms with Gasteiger partial charge in [0.15, 0.2) is 11.0 Å². The van der Waals surface area contributed by atoms with E-state index in [4.69, 9.17) is 5.11 Å². The summed E-state index contributed by atoms with van der Waals surface area (Å²) in [6.45, 7) is 0.259. The summed E-state index contributed by atoms with van der Waals surface area (Å²) in [5, 5.41) is 18.1. The molecule has 0 saturated carbocycles. The summed E-state index contributed by atoms with van der Waals surface area (Å²) in [4.78, 5) is 0. The summed E-state index contributed by atoms with van der Waals surface area (Å²) in [5.74, 6) is 1.85. The lowest BCUT2D eigenvalue weighted by Crippen LogP contribution is -1.95. The minimum absolute atomic E-state index is 0.259. The van der Waals surface area contributed by atoms with Crippen LogP contribution in [0.1, 0.15) is 12.8 Å². The molecule has 0 fully saturated rings. The predicted molar refractivity (Wildman–Crippen MR) is 73.5 cm³/mol. The third-order valence-electron chi connectivity index (χ3n) is 2.65. The van der Waals surface area contributed by atoms with Gasteiger partial charge in [0.05, 0.1) is 0 Å². The van der Waals surface area contributed by atoms with Crippen molar-refractivity contribution in [2.75, 3.05) is 12.4 Å². The maximum atomic E-state index is 8.73. The van der Waals surface area contributed by atoms with Crippen molar-refractivity contribution in [1.82, 2.24) is 14.8 Å². The number of aliphatic hydroxyl groups is 1. The average Bonchev–Trinajstić information content (AvgIpc) is 2.77. The van der Waals surface area contributed by atoms with Crippen LogP contribution in [0.5, 0.6) is 0 Å². The highest BCUT2D eigenvalue weighted by molar-refractivity contribution is 7.99. The first-order valence-electron chi connectivity index (χ1n) is 6.01. The van der Waals surface area contributed by atoms with Crippen molar-refractivity contribution in [2.24, 2.45) is 7.05 Å². The van der Waals surface area contributed by atoms with E-state index in [2.05, 4.69) is 10.2 Å². The van der Waals surface area contributed by atoms with Crippen LogP contribution in [-0.4, -0.2) is 32.2 Å². The van der Waals surface area contributed by atoms with E-state index in [0.717, 1.165) is 35.1 Å². The molecular formula is C13H17N3OS. The van der Waals surface area contributed by atoms with Gasteiger partial charge in [0, 0.05) is 25.0 Å². The number of aliphatic hydroxyl groups excluding tert-OH is 1. The van der Waals surface area contributed by atoms with Crippen LogP contribution in [-0.2, 0) is 7.05 Å². The first-order chi connectivity index (χ1) is 8.83. The van der Waals surface area contributed by atoms with Gasteiger partial charge in [-0.05, 0) is 12.8 Å². The molecule has 1 N–H and O–H groups in total. The van der Waals surface area contributed by atoms with E-state index < -0.39 is 0 Å². The number of benzene rings is 1. The Bertz CT molecular complexity index is 484. The Hall–Kier alpha value is -1.33. The normalized spacial score (nSPS) is 10.8. The lowest BCUT2D eigenvalue weighted by molar-refractivity contribution is 0.287. The fourth-order valence-electron chi connectivity index (χ4n) is 1.66. The van der Waals surface area contributed by atoms with Gasteiger partial charge < -0.3 is 9.67 Å². The molecule has 0 radical (unpaired) electrons. The Kier molecular flexibility index (Phi) is 4.78. The van der Waals surface area contributed by atoms with Gasteiger partial charge >= 0.3 is 0 Å². The van der Waals surface area contributed by atoms with Crippen molar-refractivity contribution in [3.8, 4) is 11.4 Å². The first kappa shape index (κ1) is 13.1. The van der Waals surface area contributed by atoms with Crippen LogP contribution < -0.4 is 0 Å². The van der Waals surface area contributed by atoms with Crippen molar-refractivity contribution < 1.29 is 5.11 Å². The smallest absolute Gasteiger partial charge is 0.191 e. The number of aromatic nitrogens is 3. The number of hydrogen-bond donors (Lipinski definition) is 1. The van der Waals surface area contributed by atoms with E-state index in [1.54, 1.807) is 11.8 Å². The Labute approximate surface area is 111 Å². The standard InChI is InChI=1S/C13H17N3OS/c1-16-12(11-7-3-2-4-8-11)14-15-13(16)18-10-6-5-9-17/h2-4,7-8,17H,5-6,9-10H2,1H3. The highest BCUT2D eigenvalue weighted by Crippen LogP contribution is 2.22. The van der Waals surface area contributed by atoms with Crippen molar-refractivity contribution in [2.45, 2.75) is 18.0 Å². The second-order valence-corrected chi connectivity index (χ2v) is 5.07. The van der Waals surface area contributed by atoms with E-state index in [-0.39, 0.29) is 6.61 Å². The molecule has 0 bridgehead atoms. The quantitative estimate of drug-likeness (QED) is 0.642. The van der Waals surface area contributed by atoms with Gasteiger partial charge in [-0.3, -0.25) is 0 Å². The minimum atomic E-state index is 0.259. The van der Waals surface area contributed by atoms with Crippen LogP contribution in [0, 0.1) is 0 Å². The van der Waals surface area contributed by atoms with Crippen molar-refractivity contribution >= 4 is 11.8 Å². The van der Waals surface area contributed by atoms with Crippen LogP contribution in [0.3, 0.4) is 0 Å². The topological polar surface area (TPSA) is 50.9 Å². The van der Waals surface area contributed by atoms with Gasteiger partial charge in [-0.1, -0.05) is 42.1 Å². The van der Waals surface area contributed by atoms with E-state index in [9.17, 15) is 0 Å². The summed E-state index contributed by atoms with van der Waals surface area (Å²) in [6.07, 6.45) is 1.84. The second kappa shape index (κ2) is 6.56. The van der Waals surface area contributed by atoms with E-state index in [1.165, 1.54) is 0 Å². The summed E-state index contributed by atoms with van der Waals surface area (Å²) in [5.41, 5.74) is 1.08. The summed E-state index contributed by atoms with van der Waals surface area (Å²) in [7, 11) is 1.98. The predicted octanol–water partition coefficient (Wildman–Crippen LogP) is 2.35. The molecule has 0 aliphatic rings. The Morgan fingerprint density at radius 2 is 1.94 bits per heavy atom. The molecule has 18 heavy (non-hydrogen) atoms. The number of hydrogen-bond acceptors (Lipinski definition) is 4. The first-order valence-corrected chi connectivity index (χ1v) is 7.00. The van der Waals surface area contributed by atoms with E-state index >= 15 is 0 Å². The van der Waals surface area contributed by atoms with Gasteiger partial charge in [0.25, 0.3) is 0 Å². The van der Waals surface area contributed by atoms with Crippen molar-refractivity contribution in [3.63, 3.8) is 0 Å². The highest BCUT2D eigenvalue weighted by atomic mass is 32.2. The van der Waals surface area contributed by atoms with Crippen LogP contribution in [0.2, 0.25) is 0 Å². The molecule has 1 aromatic carbocycles. The molecule has 2 aromatic rings. The average molecular weight is 263 g/mol. The second-order valence-electron chi connectivity index (χ2n) is 4.01. The molecule has 0 saturated heterocycles. The van der Waals surface area contributed by atoms with Crippen LogP contribution >= 0.6 is 11.8 Å². The molecule has 0 amide bonds. The van der Waals surface area contributed by atoms with Crippen LogP contribution in [0.25, 0.3) is 11.4 Å². The molecule has 0 aliphatic carbocycles. The number of thioether (sulfide) groups is 1. The molecule has 1 aromatic heterocycles. The summed E-state index contributed by atoms with van der Waals surface area (Å²) < 4.78 is 2.01. The monoisotopic (exact) mass is 263 g/mol. The maximum Gasteiger partial charge on any atom is 0.191 e. The largest absolute Gasteiger partial charge is 0.396 e. The molecule has 2 rings (SSSR count). The van der Waals surface area contributed by atoms with Gasteiger partial charge in [0.1, 0.15) is 0 Å². The number of rotatable bonds is 6.